The molecule has 0 spiro atoms. The molecule has 0 N–H and O–H groups in total. The van der Waals surface area contributed by atoms with Crippen LogP contribution >= 0.6 is 0 Å². The quantitative estimate of drug-likeness (QED) is 0.648. The van der Waals surface area contributed by atoms with Crippen molar-refractivity contribution >= 4 is 17.5 Å². The highest BCUT2D eigenvalue weighted by Gasteiger charge is 2.27. The van der Waals surface area contributed by atoms with E-state index < -0.39 is 0 Å². The maximum atomic E-state index is 13.1. The fourth-order valence-electron chi connectivity index (χ4n) is 3.35. The second-order valence-corrected chi connectivity index (χ2v) is 7.13. The summed E-state index contributed by atoms with van der Waals surface area (Å²) < 4.78 is 23.7. The molecule has 2 aromatic rings. The van der Waals surface area contributed by atoms with Crippen molar-refractivity contribution in [3.8, 4) is 11.5 Å². The minimum Gasteiger partial charge on any atom is -0.493 e. The molecule has 0 atom stereocenters. The summed E-state index contributed by atoms with van der Waals surface area (Å²) in [5, 5.41) is 5.61. The van der Waals surface area contributed by atoms with Crippen LogP contribution in [0.1, 0.15) is 30.9 Å². The standard InChI is InChI=1S/C23H26FN3O4/c1-4-26(14-17-7-11-20(30-2)21(13-17)31-3)23(29)19-10-12-22(28)27(25-19)15-16-5-8-18(24)9-6-16/h5-9,11,13H,4,10,12,14-15H2,1-3H3. The number of benzene rings is 2. The summed E-state index contributed by atoms with van der Waals surface area (Å²) in [5.41, 5.74) is 1.97. The average molecular weight is 427 g/mol. The zero-order chi connectivity index (χ0) is 22.4. The van der Waals surface area contributed by atoms with Crippen LogP contribution in [-0.4, -0.2) is 48.2 Å². The molecule has 164 valence electrons. The molecule has 0 radical (unpaired) electrons. The van der Waals surface area contributed by atoms with Crippen molar-refractivity contribution in [1.29, 1.82) is 0 Å². The molecule has 0 aliphatic carbocycles. The van der Waals surface area contributed by atoms with Gasteiger partial charge in [0.05, 0.1) is 20.8 Å². The number of carbonyl (C=O) groups is 2. The number of carbonyl (C=O) groups excluding carboxylic acids is 2. The lowest BCUT2D eigenvalue weighted by molar-refractivity contribution is -0.132. The van der Waals surface area contributed by atoms with Gasteiger partial charge in [0.1, 0.15) is 11.5 Å². The number of hydrogen-bond donors (Lipinski definition) is 0. The van der Waals surface area contributed by atoms with Crippen LogP contribution in [0.25, 0.3) is 0 Å². The van der Waals surface area contributed by atoms with Gasteiger partial charge in [-0.1, -0.05) is 18.2 Å². The molecule has 2 aromatic carbocycles. The third-order valence-corrected chi connectivity index (χ3v) is 5.09. The normalized spacial score (nSPS) is 13.6. The van der Waals surface area contributed by atoms with Gasteiger partial charge < -0.3 is 14.4 Å². The first-order chi connectivity index (χ1) is 14.9. The Morgan fingerprint density at radius 2 is 1.74 bits per heavy atom. The molecule has 8 heteroatoms. The van der Waals surface area contributed by atoms with E-state index in [-0.39, 0.29) is 30.6 Å². The number of methoxy groups -OCH3 is 2. The van der Waals surface area contributed by atoms with Gasteiger partial charge >= 0.3 is 0 Å². The Bertz CT molecular complexity index is 975. The molecule has 0 unspecified atom stereocenters. The molecular formula is C23H26FN3O4. The Labute approximate surface area is 181 Å². The zero-order valence-corrected chi connectivity index (χ0v) is 17.9. The van der Waals surface area contributed by atoms with E-state index in [0.717, 1.165) is 11.1 Å². The lowest BCUT2D eigenvalue weighted by atomic mass is 10.1. The molecule has 31 heavy (non-hydrogen) atoms. The predicted octanol–water partition coefficient (Wildman–Crippen LogP) is 3.37. The minimum atomic E-state index is -0.346. The third-order valence-electron chi connectivity index (χ3n) is 5.09. The molecule has 0 saturated heterocycles. The van der Waals surface area contributed by atoms with Crippen molar-refractivity contribution in [2.45, 2.75) is 32.9 Å². The second-order valence-electron chi connectivity index (χ2n) is 7.13. The molecule has 2 amide bonds. The Balaban J connectivity index is 1.75. The number of hydrogen-bond acceptors (Lipinski definition) is 5. The Morgan fingerprint density at radius 1 is 1.06 bits per heavy atom. The van der Waals surface area contributed by atoms with E-state index in [1.54, 1.807) is 37.3 Å². The Hall–Kier alpha value is -3.42. The van der Waals surface area contributed by atoms with E-state index >= 15 is 0 Å². The zero-order valence-electron chi connectivity index (χ0n) is 17.9. The van der Waals surface area contributed by atoms with Gasteiger partial charge in [-0.25, -0.2) is 9.40 Å². The van der Waals surface area contributed by atoms with Crippen LogP contribution in [0.4, 0.5) is 4.39 Å². The number of amides is 2. The summed E-state index contributed by atoms with van der Waals surface area (Å²) in [7, 11) is 3.13. The van der Waals surface area contributed by atoms with Crippen molar-refractivity contribution in [2.24, 2.45) is 5.10 Å². The van der Waals surface area contributed by atoms with Crippen LogP contribution in [0, 0.1) is 5.82 Å². The fourth-order valence-corrected chi connectivity index (χ4v) is 3.35. The highest BCUT2D eigenvalue weighted by molar-refractivity contribution is 6.39. The van der Waals surface area contributed by atoms with Crippen LogP contribution in [0.5, 0.6) is 11.5 Å². The first-order valence-corrected chi connectivity index (χ1v) is 10.1. The lowest BCUT2D eigenvalue weighted by Crippen LogP contribution is -2.41. The molecule has 0 bridgehead atoms. The van der Waals surface area contributed by atoms with Gasteiger partial charge in [-0.15, -0.1) is 0 Å². The van der Waals surface area contributed by atoms with Gasteiger partial charge in [-0.3, -0.25) is 9.59 Å². The van der Waals surface area contributed by atoms with Gasteiger partial charge in [-0.2, -0.15) is 5.10 Å². The number of hydrazone groups is 1. The summed E-state index contributed by atoms with van der Waals surface area (Å²) in [4.78, 5) is 27.1. The average Bonchev–Trinajstić information content (AvgIpc) is 2.79. The molecule has 7 nitrogen and oxygen atoms in total. The van der Waals surface area contributed by atoms with Crippen molar-refractivity contribution in [1.82, 2.24) is 9.91 Å². The summed E-state index contributed by atoms with van der Waals surface area (Å²) in [6.07, 6.45) is 0.500. The molecule has 1 heterocycles. The Morgan fingerprint density at radius 3 is 2.39 bits per heavy atom. The smallest absolute Gasteiger partial charge is 0.270 e. The van der Waals surface area contributed by atoms with Crippen molar-refractivity contribution < 1.29 is 23.5 Å². The predicted molar refractivity (Wildman–Crippen MR) is 114 cm³/mol. The highest BCUT2D eigenvalue weighted by atomic mass is 19.1. The topological polar surface area (TPSA) is 71.4 Å². The number of nitrogens with zero attached hydrogens (tertiary/aromatic N) is 3. The molecule has 1 aliphatic heterocycles. The Kier molecular flexibility index (Phi) is 7.23. The van der Waals surface area contributed by atoms with Gasteiger partial charge in [0.25, 0.3) is 5.91 Å². The molecule has 1 aliphatic rings. The number of ether oxygens (including phenoxy) is 2. The molecule has 0 fully saturated rings. The van der Waals surface area contributed by atoms with Crippen molar-refractivity contribution in [3.63, 3.8) is 0 Å². The van der Waals surface area contributed by atoms with Gasteiger partial charge in [0, 0.05) is 25.9 Å². The van der Waals surface area contributed by atoms with Gasteiger partial charge in [0.2, 0.25) is 5.91 Å². The van der Waals surface area contributed by atoms with Crippen molar-refractivity contribution in [3.05, 3.63) is 59.4 Å². The maximum Gasteiger partial charge on any atom is 0.270 e. The molecule has 0 saturated carbocycles. The number of rotatable bonds is 8. The summed E-state index contributed by atoms with van der Waals surface area (Å²) in [6.45, 7) is 2.94. The van der Waals surface area contributed by atoms with Crippen LogP contribution in [-0.2, 0) is 22.7 Å². The lowest BCUT2D eigenvalue weighted by Gasteiger charge is -2.27. The fraction of sp³-hybridized carbons (Fsp3) is 0.348. The van der Waals surface area contributed by atoms with Crippen LogP contribution in [0.2, 0.25) is 0 Å². The molecule has 3 rings (SSSR count). The van der Waals surface area contributed by atoms with Crippen LogP contribution < -0.4 is 9.47 Å². The minimum absolute atomic E-state index is 0.163. The van der Waals surface area contributed by atoms with Crippen LogP contribution in [0.15, 0.2) is 47.6 Å². The maximum absolute atomic E-state index is 13.1. The van der Waals surface area contributed by atoms with E-state index in [0.29, 0.717) is 36.7 Å². The highest BCUT2D eigenvalue weighted by Crippen LogP contribution is 2.28. The number of halogens is 1. The first-order valence-electron chi connectivity index (χ1n) is 10.1. The summed E-state index contributed by atoms with van der Waals surface area (Å²) in [5.74, 6) is 0.487. The van der Waals surface area contributed by atoms with Gasteiger partial charge in [0.15, 0.2) is 11.5 Å². The largest absolute Gasteiger partial charge is 0.493 e. The van der Waals surface area contributed by atoms with E-state index in [9.17, 15) is 14.0 Å². The van der Waals surface area contributed by atoms with Crippen LogP contribution in [0.3, 0.4) is 0 Å². The second kappa shape index (κ2) is 10.1. The van der Waals surface area contributed by atoms with E-state index in [2.05, 4.69) is 5.10 Å². The van der Waals surface area contributed by atoms with E-state index in [1.165, 1.54) is 17.1 Å². The third kappa shape index (κ3) is 5.39. The molecular weight excluding hydrogens is 401 g/mol. The van der Waals surface area contributed by atoms with E-state index in [1.807, 2.05) is 19.1 Å². The van der Waals surface area contributed by atoms with Gasteiger partial charge in [-0.05, 0) is 42.3 Å². The summed E-state index contributed by atoms with van der Waals surface area (Å²) in [6, 6.07) is 11.4. The first kappa shape index (κ1) is 22.3. The summed E-state index contributed by atoms with van der Waals surface area (Å²) >= 11 is 0. The van der Waals surface area contributed by atoms with E-state index in [4.69, 9.17) is 9.47 Å². The SMILES string of the molecule is CCN(Cc1ccc(OC)c(OC)c1)C(=O)C1=NN(Cc2ccc(F)cc2)C(=O)CC1. The molecule has 0 aromatic heterocycles. The van der Waals surface area contributed by atoms with Crippen molar-refractivity contribution in [2.75, 3.05) is 20.8 Å². The monoisotopic (exact) mass is 427 g/mol.